The Balaban J connectivity index is 1.57. The maximum atomic E-state index is 7.40. The molecule has 0 bridgehead atoms. The summed E-state index contributed by atoms with van der Waals surface area (Å²) in [7, 11) is 5.08. The Morgan fingerprint density at radius 1 is 0.744 bits per heavy atom. The maximum absolute atomic E-state index is 7.40. The number of methoxy groups -OCH3 is 3. The van der Waals surface area contributed by atoms with Gasteiger partial charge in [0.2, 0.25) is 0 Å². The lowest BCUT2D eigenvalue weighted by atomic mass is 9.76. The van der Waals surface area contributed by atoms with E-state index in [9.17, 15) is 0 Å². The molecular weight excluding hydrogens is 552 g/mol. The van der Waals surface area contributed by atoms with Gasteiger partial charge in [0.15, 0.2) is 5.60 Å². The van der Waals surface area contributed by atoms with Crippen LogP contribution in [0.5, 0.6) is 23.0 Å². The number of rotatable bonds is 6. The van der Waals surface area contributed by atoms with Crippen molar-refractivity contribution in [1.82, 2.24) is 0 Å². The van der Waals surface area contributed by atoms with Crippen LogP contribution < -0.4 is 18.9 Å². The fourth-order valence-corrected chi connectivity index (χ4v) is 7.24. The van der Waals surface area contributed by atoms with Gasteiger partial charge < -0.3 is 18.9 Å². The van der Waals surface area contributed by atoms with Crippen LogP contribution in [-0.4, -0.2) is 21.3 Å². The second-order valence-electron chi connectivity index (χ2n) is 11.7. The molecule has 43 heavy (non-hydrogen) atoms. The standard InChI is InChI=1S/C38H34O4S/c1-37(2)32-9-7-6-8-28(32)34-30-20-23(22-43)33(41-5)21-31(30)36-29(35(34)37)18-19-38(42-36,24-10-14-26(39-3)15-11-24)25-12-16-27(40-4)17-13-25/h6-21,43H,22H2,1-5H3. The van der Waals surface area contributed by atoms with E-state index in [1.54, 1.807) is 21.3 Å². The van der Waals surface area contributed by atoms with Gasteiger partial charge in [-0.2, -0.15) is 12.6 Å². The molecular formula is C38H34O4S. The van der Waals surface area contributed by atoms with Gasteiger partial charge in [-0.3, -0.25) is 0 Å². The van der Waals surface area contributed by atoms with Crippen LogP contribution in [0.3, 0.4) is 0 Å². The van der Waals surface area contributed by atoms with Crippen molar-refractivity contribution in [3.8, 4) is 34.1 Å². The lowest BCUT2D eigenvalue weighted by molar-refractivity contribution is 0.163. The summed E-state index contributed by atoms with van der Waals surface area (Å²) in [6, 6.07) is 29.4. The summed E-state index contributed by atoms with van der Waals surface area (Å²) >= 11 is 4.67. The molecule has 0 amide bonds. The van der Waals surface area contributed by atoms with Gasteiger partial charge in [0.05, 0.1) is 21.3 Å². The molecule has 0 unspecified atom stereocenters. The van der Waals surface area contributed by atoms with Crippen LogP contribution in [0.1, 0.15) is 47.2 Å². The van der Waals surface area contributed by atoms with E-state index in [0.29, 0.717) is 5.75 Å². The minimum atomic E-state index is -0.891. The third-order valence-corrected chi connectivity index (χ3v) is 9.49. The van der Waals surface area contributed by atoms with Crippen LogP contribution in [0.4, 0.5) is 0 Å². The molecule has 216 valence electrons. The minimum Gasteiger partial charge on any atom is -0.497 e. The zero-order valence-electron chi connectivity index (χ0n) is 25.0. The van der Waals surface area contributed by atoms with Crippen molar-refractivity contribution >= 4 is 29.5 Å². The van der Waals surface area contributed by atoms with Crippen LogP contribution in [0.25, 0.3) is 28.0 Å². The molecule has 1 heterocycles. The van der Waals surface area contributed by atoms with Crippen molar-refractivity contribution in [1.29, 1.82) is 0 Å². The molecule has 5 heteroatoms. The third kappa shape index (κ3) is 3.98. The molecule has 4 nitrogen and oxygen atoms in total. The highest BCUT2D eigenvalue weighted by molar-refractivity contribution is 7.79. The van der Waals surface area contributed by atoms with E-state index >= 15 is 0 Å². The molecule has 0 spiro atoms. The van der Waals surface area contributed by atoms with Gasteiger partial charge in [-0.1, -0.05) is 68.5 Å². The quantitative estimate of drug-likeness (QED) is 0.202. The van der Waals surface area contributed by atoms with E-state index in [1.807, 2.05) is 24.3 Å². The monoisotopic (exact) mass is 586 g/mol. The Kier molecular flexibility index (Phi) is 6.48. The largest absolute Gasteiger partial charge is 0.497 e. The van der Waals surface area contributed by atoms with E-state index in [1.165, 1.54) is 22.3 Å². The predicted octanol–water partition coefficient (Wildman–Crippen LogP) is 8.95. The first-order chi connectivity index (χ1) is 20.9. The summed E-state index contributed by atoms with van der Waals surface area (Å²) in [4.78, 5) is 0. The topological polar surface area (TPSA) is 36.9 Å². The number of ether oxygens (including phenoxy) is 4. The van der Waals surface area contributed by atoms with E-state index in [2.05, 4.69) is 99.3 Å². The summed E-state index contributed by atoms with van der Waals surface area (Å²) in [6.45, 7) is 4.63. The Bertz CT molecular complexity index is 1860. The molecule has 0 N–H and O–H groups in total. The molecule has 0 saturated heterocycles. The van der Waals surface area contributed by atoms with Crippen molar-refractivity contribution in [2.45, 2.75) is 30.6 Å². The van der Waals surface area contributed by atoms with E-state index in [0.717, 1.165) is 56.0 Å². The van der Waals surface area contributed by atoms with E-state index in [-0.39, 0.29) is 5.41 Å². The lowest BCUT2D eigenvalue weighted by Gasteiger charge is -2.38. The van der Waals surface area contributed by atoms with Gasteiger partial charge in [-0.05, 0) is 70.1 Å². The number of hydrogen-bond acceptors (Lipinski definition) is 5. The average Bonchev–Trinajstić information content (AvgIpc) is 3.30. The van der Waals surface area contributed by atoms with Crippen LogP contribution >= 0.6 is 12.6 Å². The van der Waals surface area contributed by atoms with Gasteiger partial charge in [-0.15, -0.1) is 0 Å². The van der Waals surface area contributed by atoms with Gasteiger partial charge in [0.1, 0.15) is 23.0 Å². The van der Waals surface area contributed by atoms with Gasteiger partial charge in [0.25, 0.3) is 0 Å². The van der Waals surface area contributed by atoms with Gasteiger partial charge >= 0.3 is 0 Å². The molecule has 1 aliphatic carbocycles. The molecule has 5 aromatic carbocycles. The first-order valence-corrected chi connectivity index (χ1v) is 15.1. The fourth-order valence-electron chi connectivity index (χ4n) is 6.99. The highest BCUT2D eigenvalue weighted by Gasteiger charge is 2.44. The van der Waals surface area contributed by atoms with Crippen molar-refractivity contribution in [3.63, 3.8) is 0 Å². The highest BCUT2D eigenvalue weighted by atomic mass is 32.1. The lowest BCUT2D eigenvalue weighted by Crippen LogP contribution is -2.35. The molecule has 0 fully saturated rings. The molecule has 0 aromatic heterocycles. The fraction of sp³-hybridized carbons (Fsp3) is 0.211. The summed E-state index contributed by atoms with van der Waals surface area (Å²) < 4.78 is 24.3. The predicted molar refractivity (Wildman–Crippen MR) is 177 cm³/mol. The summed E-state index contributed by atoms with van der Waals surface area (Å²) in [6.07, 6.45) is 4.46. The number of hydrogen-bond donors (Lipinski definition) is 1. The number of fused-ring (bicyclic) bond motifs is 8. The zero-order chi connectivity index (χ0) is 29.9. The number of thiol groups is 1. The summed E-state index contributed by atoms with van der Waals surface area (Å²) in [5, 5.41) is 2.16. The highest BCUT2D eigenvalue weighted by Crippen LogP contribution is 2.58. The zero-order valence-corrected chi connectivity index (χ0v) is 25.9. The summed E-state index contributed by atoms with van der Waals surface area (Å²) in [5.74, 6) is 3.79. The normalized spacial score (nSPS) is 15.3. The summed E-state index contributed by atoms with van der Waals surface area (Å²) in [5.41, 5.74) is 8.14. The molecule has 1 aliphatic heterocycles. The van der Waals surface area contributed by atoms with E-state index < -0.39 is 5.60 Å². The molecule has 0 saturated carbocycles. The Morgan fingerprint density at radius 2 is 1.37 bits per heavy atom. The Hall–Kier alpha value is -4.35. The third-order valence-electron chi connectivity index (χ3n) is 9.15. The SMILES string of the molecule is COc1ccc(C2(c3ccc(OC)cc3)C=Cc3c4c(c5cc(CS)c(OC)cc5c3O2)-c2ccccc2C4(C)C)cc1. The van der Waals surface area contributed by atoms with Crippen molar-refractivity contribution in [3.05, 3.63) is 124 Å². The van der Waals surface area contributed by atoms with Crippen molar-refractivity contribution in [2.75, 3.05) is 21.3 Å². The van der Waals surface area contributed by atoms with Crippen LogP contribution in [0.2, 0.25) is 0 Å². The Labute approximate surface area is 258 Å². The first-order valence-electron chi connectivity index (χ1n) is 14.5. The molecule has 7 rings (SSSR count). The van der Waals surface area contributed by atoms with Crippen LogP contribution in [0, 0.1) is 0 Å². The first kappa shape index (κ1) is 27.5. The second kappa shape index (κ2) is 10.1. The minimum absolute atomic E-state index is 0.223. The van der Waals surface area contributed by atoms with Crippen LogP contribution in [0.15, 0.2) is 91.0 Å². The molecule has 0 atom stereocenters. The maximum Gasteiger partial charge on any atom is 0.178 e. The Morgan fingerprint density at radius 3 is 1.95 bits per heavy atom. The van der Waals surface area contributed by atoms with Gasteiger partial charge in [-0.25, -0.2) is 0 Å². The molecule has 2 aliphatic rings. The van der Waals surface area contributed by atoms with Crippen molar-refractivity contribution in [2.24, 2.45) is 0 Å². The average molecular weight is 587 g/mol. The van der Waals surface area contributed by atoms with Crippen molar-refractivity contribution < 1.29 is 18.9 Å². The molecule has 0 radical (unpaired) electrons. The molecule has 5 aromatic rings. The smallest absolute Gasteiger partial charge is 0.178 e. The second-order valence-corrected chi connectivity index (χ2v) is 12.0. The number of benzene rings is 5. The van der Waals surface area contributed by atoms with Gasteiger partial charge in [0, 0.05) is 38.8 Å². The van der Waals surface area contributed by atoms with Crippen LogP contribution in [-0.2, 0) is 16.8 Å². The van der Waals surface area contributed by atoms with E-state index in [4.69, 9.17) is 18.9 Å².